The minimum atomic E-state index is -3.99. The smallest absolute Gasteiger partial charge is 0.244 e. The summed E-state index contributed by atoms with van der Waals surface area (Å²) >= 11 is 6.23. The normalized spacial score (nSPS) is 12.2. The maximum Gasteiger partial charge on any atom is 0.244 e. The van der Waals surface area contributed by atoms with Gasteiger partial charge in [-0.2, -0.15) is 0 Å². The third kappa shape index (κ3) is 6.18. The van der Waals surface area contributed by atoms with Gasteiger partial charge in [0.15, 0.2) is 0 Å². The van der Waals surface area contributed by atoms with Gasteiger partial charge in [-0.15, -0.1) is 0 Å². The first kappa shape index (κ1) is 24.6. The van der Waals surface area contributed by atoms with Crippen LogP contribution in [0.1, 0.15) is 18.9 Å². The van der Waals surface area contributed by atoms with Crippen molar-refractivity contribution in [3.05, 3.63) is 64.9 Å². The molecule has 168 valence electrons. The van der Waals surface area contributed by atoms with Crippen molar-refractivity contribution in [3.8, 4) is 0 Å². The van der Waals surface area contributed by atoms with E-state index in [1.165, 1.54) is 30.1 Å². The molecule has 0 heterocycles. The first-order chi connectivity index (χ1) is 14.6. The van der Waals surface area contributed by atoms with Gasteiger partial charge in [0.05, 0.1) is 11.9 Å². The summed E-state index contributed by atoms with van der Waals surface area (Å²) in [6, 6.07) is 11.3. The molecule has 2 aromatic carbocycles. The molecule has 0 spiro atoms. The molecule has 0 saturated carbocycles. The monoisotopic (exact) mass is 469 g/mol. The number of amides is 2. The second kappa shape index (κ2) is 10.6. The van der Waals surface area contributed by atoms with E-state index in [4.69, 9.17) is 11.6 Å². The molecule has 0 aromatic heterocycles. The van der Waals surface area contributed by atoms with Gasteiger partial charge in [-0.25, -0.2) is 12.8 Å². The van der Waals surface area contributed by atoms with E-state index in [1.54, 1.807) is 31.2 Å². The van der Waals surface area contributed by atoms with Crippen LogP contribution >= 0.6 is 11.6 Å². The molecule has 10 heteroatoms. The summed E-state index contributed by atoms with van der Waals surface area (Å²) < 4.78 is 39.8. The molecule has 0 aliphatic rings. The molecule has 0 bridgehead atoms. The molecular formula is C21H25ClFN3O4S. The Hall–Kier alpha value is -2.65. The number of likely N-dealkylation sites (N-methyl/N-ethyl adjacent to an activating group) is 1. The van der Waals surface area contributed by atoms with Gasteiger partial charge in [0, 0.05) is 18.6 Å². The van der Waals surface area contributed by atoms with Crippen molar-refractivity contribution < 1.29 is 22.4 Å². The third-order valence-corrected chi connectivity index (χ3v) is 6.23. The van der Waals surface area contributed by atoms with E-state index in [9.17, 15) is 22.4 Å². The zero-order valence-electron chi connectivity index (χ0n) is 17.5. The van der Waals surface area contributed by atoms with Gasteiger partial charge in [-0.1, -0.05) is 48.9 Å². The topological polar surface area (TPSA) is 86.8 Å². The highest BCUT2D eigenvalue weighted by molar-refractivity contribution is 7.92. The number of anilines is 1. The number of hydrogen-bond donors (Lipinski definition) is 1. The maximum atomic E-state index is 14.3. The molecule has 0 aliphatic heterocycles. The lowest BCUT2D eigenvalue weighted by atomic mass is 10.1. The standard InChI is InChI=1S/C21H25ClFN3O4S/c1-4-18(21(28)24-2)25(13-15-9-5-6-10-16(15)22)20(27)14-26(31(3,29)30)19-12-8-7-11-17(19)23/h5-12,18H,4,13-14H2,1-3H3,(H,24,28)/t18-/m0/s1. The van der Waals surface area contributed by atoms with Crippen molar-refractivity contribution in [2.75, 3.05) is 24.2 Å². The van der Waals surface area contributed by atoms with Crippen LogP contribution in [-0.2, 0) is 26.2 Å². The molecule has 7 nitrogen and oxygen atoms in total. The fourth-order valence-corrected chi connectivity index (χ4v) is 4.19. The van der Waals surface area contributed by atoms with Crippen LogP contribution in [-0.4, -0.2) is 51.0 Å². The van der Waals surface area contributed by atoms with Gasteiger partial charge in [-0.3, -0.25) is 13.9 Å². The summed E-state index contributed by atoms with van der Waals surface area (Å²) in [6.45, 7) is 1.05. The highest BCUT2D eigenvalue weighted by atomic mass is 35.5. The average molecular weight is 470 g/mol. The number of halogens is 2. The number of para-hydroxylation sites is 1. The summed E-state index contributed by atoms with van der Waals surface area (Å²) in [5.74, 6) is -1.85. The second-order valence-corrected chi connectivity index (χ2v) is 9.19. The molecule has 2 aromatic rings. The van der Waals surface area contributed by atoms with Crippen LogP contribution in [0.15, 0.2) is 48.5 Å². The van der Waals surface area contributed by atoms with Crippen LogP contribution in [0, 0.1) is 5.82 Å². The van der Waals surface area contributed by atoms with Crippen molar-refractivity contribution >= 4 is 39.1 Å². The Morgan fingerprint density at radius 2 is 1.74 bits per heavy atom. The number of carbonyl (C=O) groups excluding carboxylic acids is 2. The van der Waals surface area contributed by atoms with Gasteiger partial charge < -0.3 is 10.2 Å². The third-order valence-electron chi connectivity index (χ3n) is 4.73. The number of sulfonamides is 1. The zero-order valence-corrected chi connectivity index (χ0v) is 19.1. The van der Waals surface area contributed by atoms with Crippen LogP contribution in [0.4, 0.5) is 10.1 Å². The molecule has 31 heavy (non-hydrogen) atoms. The van der Waals surface area contributed by atoms with E-state index in [0.29, 0.717) is 14.9 Å². The van der Waals surface area contributed by atoms with Gasteiger partial charge in [0.25, 0.3) is 0 Å². The Balaban J connectivity index is 2.46. The highest BCUT2D eigenvalue weighted by Gasteiger charge is 2.32. The van der Waals surface area contributed by atoms with E-state index >= 15 is 0 Å². The van der Waals surface area contributed by atoms with E-state index < -0.39 is 40.2 Å². The average Bonchev–Trinajstić information content (AvgIpc) is 2.72. The summed E-state index contributed by atoms with van der Waals surface area (Å²) in [5.41, 5.74) is 0.348. The fraction of sp³-hybridized carbons (Fsp3) is 0.333. The van der Waals surface area contributed by atoms with E-state index in [1.807, 2.05) is 0 Å². The number of nitrogens with one attached hydrogen (secondary N) is 1. The SMILES string of the molecule is CC[C@@H](C(=O)NC)N(Cc1ccccc1Cl)C(=O)CN(c1ccccc1F)S(C)(=O)=O. The Labute approximate surface area is 186 Å². The van der Waals surface area contributed by atoms with Gasteiger partial charge in [0.1, 0.15) is 18.4 Å². The van der Waals surface area contributed by atoms with Crippen LogP contribution in [0.5, 0.6) is 0 Å². The Bertz CT molecular complexity index is 1050. The molecule has 0 fully saturated rings. The van der Waals surface area contributed by atoms with Crippen molar-refractivity contribution in [1.82, 2.24) is 10.2 Å². The molecule has 2 rings (SSSR count). The van der Waals surface area contributed by atoms with Crippen molar-refractivity contribution in [2.45, 2.75) is 25.9 Å². The molecule has 0 unspecified atom stereocenters. The van der Waals surface area contributed by atoms with Crippen molar-refractivity contribution in [1.29, 1.82) is 0 Å². The predicted molar refractivity (Wildman–Crippen MR) is 119 cm³/mol. The first-order valence-corrected chi connectivity index (χ1v) is 11.8. The van der Waals surface area contributed by atoms with E-state index in [-0.39, 0.29) is 18.7 Å². The summed E-state index contributed by atoms with van der Waals surface area (Å²) in [7, 11) is -2.54. The maximum absolute atomic E-state index is 14.3. The summed E-state index contributed by atoms with van der Waals surface area (Å²) in [5, 5.41) is 2.92. The van der Waals surface area contributed by atoms with Crippen molar-refractivity contribution in [3.63, 3.8) is 0 Å². The molecular weight excluding hydrogens is 445 g/mol. The number of rotatable bonds is 9. The van der Waals surface area contributed by atoms with Gasteiger partial charge >= 0.3 is 0 Å². The minimum absolute atomic E-state index is 0.0146. The lowest BCUT2D eigenvalue weighted by molar-refractivity contribution is -0.140. The minimum Gasteiger partial charge on any atom is -0.357 e. The van der Waals surface area contributed by atoms with Crippen LogP contribution in [0.25, 0.3) is 0 Å². The predicted octanol–water partition coefficient (Wildman–Crippen LogP) is 2.80. The van der Waals surface area contributed by atoms with Gasteiger partial charge in [0.2, 0.25) is 21.8 Å². The molecule has 0 radical (unpaired) electrons. The second-order valence-electron chi connectivity index (χ2n) is 6.87. The first-order valence-electron chi connectivity index (χ1n) is 9.56. The molecule has 1 atom stereocenters. The number of benzene rings is 2. The largest absolute Gasteiger partial charge is 0.357 e. The highest BCUT2D eigenvalue weighted by Crippen LogP contribution is 2.23. The van der Waals surface area contributed by atoms with Crippen LogP contribution in [0.2, 0.25) is 5.02 Å². The zero-order chi connectivity index (χ0) is 23.2. The number of hydrogen-bond acceptors (Lipinski definition) is 4. The van der Waals surface area contributed by atoms with Crippen LogP contribution in [0.3, 0.4) is 0 Å². The molecule has 0 saturated heterocycles. The lowest BCUT2D eigenvalue weighted by Gasteiger charge is -2.32. The molecule has 0 aliphatic carbocycles. The number of carbonyl (C=O) groups is 2. The Morgan fingerprint density at radius 3 is 2.29 bits per heavy atom. The summed E-state index contributed by atoms with van der Waals surface area (Å²) in [6.07, 6.45) is 1.18. The van der Waals surface area contributed by atoms with E-state index in [0.717, 1.165) is 12.3 Å². The van der Waals surface area contributed by atoms with E-state index in [2.05, 4.69) is 5.32 Å². The summed E-state index contributed by atoms with van der Waals surface area (Å²) in [4.78, 5) is 27.0. The number of nitrogens with zero attached hydrogens (tertiary/aromatic N) is 2. The van der Waals surface area contributed by atoms with Crippen LogP contribution < -0.4 is 9.62 Å². The Morgan fingerprint density at radius 1 is 1.13 bits per heavy atom. The quantitative estimate of drug-likeness (QED) is 0.611. The fourth-order valence-electron chi connectivity index (χ4n) is 3.15. The lowest BCUT2D eigenvalue weighted by Crippen LogP contribution is -2.51. The van der Waals surface area contributed by atoms with Crippen molar-refractivity contribution in [2.24, 2.45) is 0 Å². The van der Waals surface area contributed by atoms with Gasteiger partial charge in [-0.05, 0) is 30.2 Å². The molecule has 2 amide bonds. The molecule has 1 N–H and O–H groups in total. The Kier molecular flexibility index (Phi) is 8.41.